The molecule has 1 unspecified atom stereocenters. The second-order valence-corrected chi connectivity index (χ2v) is 6.02. The zero-order valence-electron chi connectivity index (χ0n) is 11.1. The number of aromatic carboxylic acids is 1. The Morgan fingerprint density at radius 2 is 2.00 bits per heavy atom. The minimum Gasteiger partial charge on any atom is -0.477 e. The van der Waals surface area contributed by atoms with Gasteiger partial charge in [0, 0.05) is 6.54 Å². The first-order valence-electron chi connectivity index (χ1n) is 6.09. The molecule has 21 heavy (non-hydrogen) atoms. The maximum absolute atomic E-state index is 13.8. The SMILES string of the molecule is CCC(O)CCNS(=O)(=O)c1ccc(F)c(C(=O)O)c1F. The van der Waals surface area contributed by atoms with Crippen LogP contribution in [0.2, 0.25) is 0 Å². The van der Waals surface area contributed by atoms with Crippen LogP contribution in [0.15, 0.2) is 17.0 Å². The highest BCUT2D eigenvalue weighted by Gasteiger charge is 2.26. The summed E-state index contributed by atoms with van der Waals surface area (Å²) in [7, 11) is -4.33. The van der Waals surface area contributed by atoms with Gasteiger partial charge in [-0.05, 0) is 25.0 Å². The van der Waals surface area contributed by atoms with Gasteiger partial charge in [0.2, 0.25) is 10.0 Å². The van der Waals surface area contributed by atoms with Crippen molar-refractivity contribution in [1.29, 1.82) is 0 Å². The van der Waals surface area contributed by atoms with E-state index in [1.54, 1.807) is 6.92 Å². The lowest BCUT2D eigenvalue weighted by Gasteiger charge is -2.11. The van der Waals surface area contributed by atoms with Crippen molar-refractivity contribution in [3.8, 4) is 0 Å². The molecule has 0 saturated carbocycles. The van der Waals surface area contributed by atoms with Crippen molar-refractivity contribution in [1.82, 2.24) is 4.72 Å². The molecule has 0 aliphatic carbocycles. The van der Waals surface area contributed by atoms with Gasteiger partial charge in [0.05, 0.1) is 6.10 Å². The van der Waals surface area contributed by atoms with E-state index in [1.165, 1.54) is 0 Å². The van der Waals surface area contributed by atoms with Crippen LogP contribution in [0.5, 0.6) is 0 Å². The maximum Gasteiger partial charge on any atom is 0.341 e. The maximum atomic E-state index is 13.8. The number of sulfonamides is 1. The average molecular weight is 323 g/mol. The first-order valence-corrected chi connectivity index (χ1v) is 7.58. The molecule has 0 fully saturated rings. The molecule has 1 aromatic rings. The van der Waals surface area contributed by atoms with Gasteiger partial charge in [0.15, 0.2) is 5.82 Å². The molecule has 0 aliphatic rings. The molecule has 0 heterocycles. The number of benzene rings is 1. The second kappa shape index (κ2) is 6.92. The first-order chi connectivity index (χ1) is 9.70. The molecule has 0 saturated heterocycles. The quantitative estimate of drug-likeness (QED) is 0.697. The fraction of sp³-hybridized carbons (Fsp3) is 0.417. The summed E-state index contributed by atoms with van der Waals surface area (Å²) in [6.45, 7) is 1.55. The number of carboxylic acids is 1. The lowest BCUT2D eigenvalue weighted by molar-refractivity contribution is 0.0685. The fourth-order valence-electron chi connectivity index (χ4n) is 1.58. The van der Waals surface area contributed by atoms with E-state index in [2.05, 4.69) is 0 Å². The van der Waals surface area contributed by atoms with Gasteiger partial charge in [-0.25, -0.2) is 26.7 Å². The molecule has 118 valence electrons. The van der Waals surface area contributed by atoms with Crippen LogP contribution in [0.25, 0.3) is 0 Å². The number of halogens is 2. The number of hydrogen-bond donors (Lipinski definition) is 3. The molecular formula is C12H15F2NO5S. The highest BCUT2D eigenvalue weighted by atomic mass is 32.2. The molecular weight excluding hydrogens is 308 g/mol. The van der Waals surface area contributed by atoms with Gasteiger partial charge in [-0.2, -0.15) is 0 Å². The normalized spacial score (nSPS) is 13.1. The molecule has 0 spiro atoms. The zero-order chi connectivity index (χ0) is 16.2. The standard InChI is InChI=1S/C12H15F2NO5S/c1-2-7(16)5-6-15-21(19,20)9-4-3-8(13)10(11(9)14)12(17)18/h3-4,7,15-16H,2,5-6H2,1H3,(H,17,18). The number of carbonyl (C=O) groups is 1. The third kappa shape index (κ3) is 4.19. The third-order valence-electron chi connectivity index (χ3n) is 2.80. The Bertz CT molecular complexity index is 633. The van der Waals surface area contributed by atoms with Crippen molar-refractivity contribution in [2.45, 2.75) is 30.8 Å². The topological polar surface area (TPSA) is 104 Å². The lowest BCUT2D eigenvalue weighted by atomic mass is 10.2. The van der Waals surface area contributed by atoms with Crippen LogP contribution < -0.4 is 4.72 Å². The average Bonchev–Trinajstić information content (AvgIpc) is 2.37. The summed E-state index contributed by atoms with van der Waals surface area (Å²) in [5.41, 5.74) is -1.33. The molecule has 0 bridgehead atoms. The Balaban J connectivity index is 3.04. The number of hydrogen-bond acceptors (Lipinski definition) is 4. The monoisotopic (exact) mass is 323 g/mol. The highest BCUT2D eigenvalue weighted by molar-refractivity contribution is 7.89. The largest absolute Gasteiger partial charge is 0.477 e. The minimum absolute atomic E-state index is 0.115. The van der Waals surface area contributed by atoms with E-state index < -0.39 is 44.2 Å². The van der Waals surface area contributed by atoms with E-state index in [0.717, 1.165) is 0 Å². The number of rotatable bonds is 7. The zero-order valence-corrected chi connectivity index (χ0v) is 12.0. The highest BCUT2D eigenvalue weighted by Crippen LogP contribution is 2.21. The second-order valence-electron chi connectivity index (χ2n) is 4.29. The first kappa shape index (κ1) is 17.5. The summed E-state index contributed by atoms with van der Waals surface area (Å²) >= 11 is 0. The van der Waals surface area contributed by atoms with E-state index in [-0.39, 0.29) is 13.0 Å². The molecule has 9 heteroatoms. The van der Waals surface area contributed by atoms with Crippen molar-refractivity contribution in [2.75, 3.05) is 6.54 Å². The van der Waals surface area contributed by atoms with Gasteiger partial charge in [-0.1, -0.05) is 6.92 Å². The van der Waals surface area contributed by atoms with Gasteiger partial charge < -0.3 is 10.2 Å². The molecule has 1 aromatic carbocycles. The summed E-state index contributed by atoms with van der Waals surface area (Å²) in [6.07, 6.45) is -0.166. The molecule has 1 rings (SSSR count). The van der Waals surface area contributed by atoms with Crippen molar-refractivity contribution in [2.24, 2.45) is 0 Å². The summed E-state index contributed by atoms with van der Waals surface area (Å²) in [6, 6.07) is 1.22. The van der Waals surface area contributed by atoms with Gasteiger partial charge in [0.25, 0.3) is 0 Å². The molecule has 6 nitrogen and oxygen atoms in total. The Morgan fingerprint density at radius 1 is 1.38 bits per heavy atom. The molecule has 0 radical (unpaired) electrons. The van der Waals surface area contributed by atoms with Crippen LogP contribution in [0.3, 0.4) is 0 Å². The molecule has 1 atom stereocenters. The van der Waals surface area contributed by atoms with Crippen molar-refractivity contribution in [3.05, 3.63) is 29.3 Å². The molecule has 0 amide bonds. The van der Waals surface area contributed by atoms with Crippen molar-refractivity contribution in [3.63, 3.8) is 0 Å². The Kier molecular flexibility index (Phi) is 5.76. The van der Waals surface area contributed by atoms with Crippen LogP contribution >= 0.6 is 0 Å². The third-order valence-corrected chi connectivity index (χ3v) is 4.28. The van der Waals surface area contributed by atoms with Gasteiger partial charge in [-0.15, -0.1) is 0 Å². The lowest BCUT2D eigenvalue weighted by Crippen LogP contribution is -2.28. The van der Waals surface area contributed by atoms with Gasteiger partial charge >= 0.3 is 5.97 Å². The van der Waals surface area contributed by atoms with Gasteiger partial charge in [-0.3, -0.25) is 0 Å². The van der Waals surface area contributed by atoms with E-state index in [1.807, 2.05) is 4.72 Å². The summed E-state index contributed by atoms with van der Waals surface area (Å²) in [5, 5.41) is 18.0. The Hall–Kier alpha value is -1.58. The summed E-state index contributed by atoms with van der Waals surface area (Å²) < 4.78 is 52.8. The predicted octanol–water partition coefficient (Wildman–Crippen LogP) is 1.10. The number of nitrogens with one attached hydrogen (secondary N) is 1. The number of carboxylic acid groups (broad SMARTS) is 1. The van der Waals surface area contributed by atoms with E-state index in [0.29, 0.717) is 18.6 Å². The Morgan fingerprint density at radius 3 is 2.52 bits per heavy atom. The van der Waals surface area contributed by atoms with Crippen LogP contribution in [0.4, 0.5) is 8.78 Å². The van der Waals surface area contributed by atoms with Gasteiger partial charge in [0.1, 0.15) is 16.3 Å². The Labute approximate surface area is 120 Å². The van der Waals surface area contributed by atoms with Crippen LogP contribution in [0.1, 0.15) is 30.1 Å². The number of aliphatic hydroxyl groups excluding tert-OH is 1. The smallest absolute Gasteiger partial charge is 0.341 e. The van der Waals surface area contributed by atoms with E-state index in [9.17, 15) is 27.1 Å². The summed E-state index contributed by atoms with van der Waals surface area (Å²) in [5.74, 6) is -4.92. The fourth-order valence-corrected chi connectivity index (χ4v) is 2.71. The van der Waals surface area contributed by atoms with Crippen LogP contribution in [-0.2, 0) is 10.0 Å². The van der Waals surface area contributed by atoms with Crippen LogP contribution in [-0.4, -0.2) is 37.2 Å². The van der Waals surface area contributed by atoms with E-state index >= 15 is 0 Å². The predicted molar refractivity (Wildman–Crippen MR) is 69.4 cm³/mol. The molecule has 0 aromatic heterocycles. The van der Waals surface area contributed by atoms with Crippen molar-refractivity contribution >= 4 is 16.0 Å². The van der Waals surface area contributed by atoms with Crippen molar-refractivity contribution < 1.29 is 32.2 Å². The number of aliphatic hydroxyl groups is 1. The molecule has 3 N–H and O–H groups in total. The minimum atomic E-state index is -4.33. The van der Waals surface area contributed by atoms with E-state index in [4.69, 9.17) is 5.11 Å². The van der Waals surface area contributed by atoms with Crippen LogP contribution in [0, 0.1) is 11.6 Å². The molecule has 0 aliphatic heterocycles. The summed E-state index contributed by atoms with van der Waals surface area (Å²) in [4.78, 5) is 9.78.